The maximum atomic E-state index is 11.0. The summed E-state index contributed by atoms with van der Waals surface area (Å²) in [5, 5.41) is 10.7. The van der Waals surface area contributed by atoms with Crippen LogP contribution in [0.15, 0.2) is 18.2 Å². The van der Waals surface area contributed by atoms with Crippen LogP contribution in [-0.2, 0) is 17.6 Å². The number of carbonyl (C=O) groups is 1. The highest BCUT2D eigenvalue weighted by Gasteiger charge is 2.16. The highest BCUT2D eigenvalue weighted by molar-refractivity contribution is 7.12. The van der Waals surface area contributed by atoms with Crippen molar-refractivity contribution in [2.24, 2.45) is 0 Å². The van der Waals surface area contributed by atoms with E-state index in [0.717, 1.165) is 39.5 Å². The van der Waals surface area contributed by atoms with Gasteiger partial charge in [-0.15, -0.1) is 11.3 Å². The first-order valence-electron chi connectivity index (χ1n) is 6.48. The number of thiazole rings is 1. The van der Waals surface area contributed by atoms with Gasteiger partial charge in [-0.1, -0.05) is 24.6 Å². The average molecular weight is 310 g/mol. The van der Waals surface area contributed by atoms with Crippen molar-refractivity contribution in [1.29, 1.82) is 0 Å². The van der Waals surface area contributed by atoms with Crippen LogP contribution in [0.25, 0.3) is 11.3 Å². The number of rotatable bonds is 5. The molecule has 0 aliphatic rings. The fourth-order valence-corrected chi connectivity index (χ4v) is 3.30. The Kier molecular flexibility index (Phi) is 4.78. The molecule has 0 aliphatic heterocycles. The quantitative estimate of drug-likeness (QED) is 0.893. The molecule has 0 fully saturated rings. The molecule has 1 aromatic heterocycles. The third-order valence-electron chi connectivity index (χ3n) is 2.95. The molecule has 0 unspecified atom stereocenters. The fourth-order valence-electron chi connectivity index (χ4n) is 2.00. The van der Waals surface area contributed by atoms with Crippen molar-refractivity contribution in [2.45, 2.75) is 33.1 Å². The smallest absolute Gasteiger partial charge is 0.308 e. The van der Waals surface area contributed by atoms with Crippen molar-refractivity contribution in [2.75, 3.05) is 0 Å². The molecular weight excluding hydrogens is 294 g/mol. The molecule has 20 heavy (non-hydrogen) atoms. The van der Waals surface area contributed by atoms with Gasteiger partial charge in [0.2, 0.25) is 0 Å². The minimum atomic E-state index is -0.830. The van der Waals surface area contributed by atoms with Crippen molar-refractivity contribution in [3.63, 3.8) is 0 Å². The lowest BCUT2D eigenvalue weighted by Crippen LogP contribution is -1.99. The lowest BCUT2D eigenvalue weighted by atomic mass is 10.1. The summed E-state index contributed by atoms with van der Waals surface area (Å²) in [6, 6.07) is 5.68. The molecule has 0 saturated heterocycles. The number of hydrogen-bond donors (Lipinski definition) is 1. The SMILES string of the molecule is CCCc1nc(-c2ccc(Cl)c(C)c2)c(CC(=O)O)s1. The van der Waals surface area contributed by atoms with Crippen LogP contribution in [0, 0.1) is 6.92 Å². The Hall–Kier alpha value is -1.39. The van der Waals surface area contributed by atoms with E-state index in [2.05, 4.69) is 11.9 Å². The van der Waals surface area contributed by atoms with Gasteiger partial charge in [-0.3, -0.25) is 4.79 Å². The standard InChI is InChI=1S/C15H16ClNO2S/c1-3-4-13-17-15(12(20-13)8-14(18)19)10-5-6-11(16)9(2)7-10/h5-7H,3-4,8H2,1-2H3,(H,18,19). The number of nitrogens with zero attached hydrogens (tertiary/aromatic N) is 1. The Bertz CT molecular complexity index is 637. The Morgan fingerprint density at radius 3 is 2.80 bits per heavy atom. The second kappa shape index (κ2) is 6.37. The van der Waals surface area contributed by atoms with Gasteiger partial charge in [-0.05, 0) is 37.5 Å². The highest BCUT2D eigenvalue weighted by Crippen LogP contribution is 2.31. The van der Waals surface area contributed by atoms with Gasteiger partial charge in [-0.25, -0.2) is 4.98 Å². The summed E-state index contributed by atoms with van der Waals surface area (Å²) in [5.74, 6) is -0.830. The predicted octanol–water partition coefficient (Wildman–Crippen LogP) is 4.35. The minimum Gasteiger partial charge on any atom is -0.481 e. The van der Waals surface area contributed by atoms with E-state index in [-0.39, 0.29) is 6.42 Å². The van der Waals surface area contributed by atoms with Crippen LogP contribution < -0.4 is 0 Å². The second-order valence-corrected chi connectivity index (χ2v) is 6.24. The third kappa shape index (κ3) is 3.38. The molecule has 1 heterocycles. The van der Waals surface area contributed by atoms with E-state index >= 15 is 0 Å². The van der Waals surface area contributed by atoms with Gasteiger partial charge < -0.3 is 5.11 Å². The molecule has 0 bridgehead atoms. The largest absolute Gasteiger partial charge is 0.481 e. The molecule has 0 saturated carbocycles. The van der Waals surface area contributed by atoms with Crippen LogP contribution in [0.5, 0.6) is 0 Å². The van der Waals surface area contributed by atoms with E-state index in [9.17, 15) is 4.79 Å². The molecule has 106 valence electrons. The van der Waals surface area contributed by atoms with Crippen molar-refractivity contribution in [1.82, 2.24) is 4.98 Å². The number of halogens is 1. The van der Waals surface area contributed by atoms with Gasteiger partial charge in [0.15, 0.2) is 0 Å². The summed E-state index contributed by atoms with van der Waals surface area (Å²) in [7, 11) is 0. The third-order valence-corrected chi connectivity index (χ3v) is 4.49. The zero-order chi connectivity index (χ0) is 14.7. The number of aliphatic carboxylic acids is 1. The first-order valence-corrected chi connectivity index (χ1v) is 7.67. The Labute approximate surface area is 127 Å². The summed E-state index contributed by atoms with van der Waals surface area (Å²) >= 11 is 7.53. The van der Waals surface area contributed by atoms with E-state index in [0.29, 0.717) is 5.02 Å². The molecule has 1 aromatic carbocycles. The first kappa shape index (κ1) is 15.0. The predicted molar refractivity (Wildman–Crippen MR) is 82.6 cm³/mol. The molecule has 2 rings (SSSR count). The number of carboxylic acids is 1. The van der Waals surface area contributed by atoms with E-state index < -0.39 is 5.97 Å². The van der Waals surface area contributed by atoms with Gasteiger partial charge in [0.1, 0.15) is 0 Å². The van der Waals surface area contributed by atoms with Crippen LogP contribution >= 0.6 is 22.9 Å². The highest BCUT2D eigenvalue weighted by atomic mass is 35.5. The van der Waals surface area contributed by atoms with Gasteiger partial charge in [-0.2, -0.15) is 0 Å². The van der Waals surface area contributed by atoms with Gasteiger partial charge >= 0.3 is 5.97 Å². The number of carboxylic acid groups (broad SMARTS) is 1. The van der Waals surface area contributed by atoms with E-state index in [1.165, 1.54) is 11.3 Å². The summed E-state index contributed by atoms with van der Waals surface area (Å²) < 4.78 is 0. The van der Waals surface area contributed by atoms with Gasteiger partial charge in [0, 0.05) is 15.5 Å². The molecular formula is C15H16ClNO2S. The molecule has 3 nitrogen and oxygen atoms in total. The minimum absolute atomic E-state index is 0.0123. The zero-order valence-corrected chi connectivity index (χ0v) is 13.0. The second-order valence-electron chi connectivity index (χ2n) is 4.66. The van der Waals surface area contributed by atoms with Crippen molar-refractivity contribution >= 4 is 28.9 Å². The molecule has 2 aromatic rings. The maximum absolute atomic E-state index is 11.0. The lowest BCUT2D eigenvalue weighted by Gasteiger charge is -2.03. The molecule has 5 heteroatoms. The number of aryl methyl sites for hydroxylation is 2. The van der Waals surface area contributed by atoms with Gasteiger partial charge in [0.05, 0.1) is 17.1 Å². The lowest BCUT2D eigenvalue weighted by molar-refractivity contribution is -0.136. The van der Waals surface area contributed by atoms with E-state index in [1.807, 2.05) is 25.1 Å². The number of aromatic nitrogens is 1. The number of hydrogen-bond acceptors (Lipinski definition) is 3. The maximum Gasteiger partial charge on any atom is 0.308 e. The Morgan fingerprint density at radius 2 is 2.20 bits per heavy atom. The van der Waals surface area contributed by atoms with Crippen LogP contribution in [0.4, 0.5) is 0 Å². The van der Waals surface area contributed by atoms with Crippen LogP contribution in [0.1, 0.15) is 28.8 Å². The molecule has 0 spiro atoms. The summed E-state index contributed by atoms with van der Waals surface area (Å²) in [4.78, 5) is 16.4. The Balaban J connectivity index is 2.46. The zero-order valence-electron chi connectivity index (χ0n) is 11.4. The van der Waals surface area contributed by atoms with Crippen LogP contribution in [0.2, 0.25) is 5.02 Å². The molecule has 0 radical (unpaired) electrons. The van der Waals surface area contributed by atoms with E-state index in [1.54, 1.807) is 0 Å². The summed E-state index contributed by atoms with van der Waals surface area (Å²) in [5.41, 5.74) is 2.68. The molecule has 0 amide bonds. The molecule has 0 atom stereocenters. The van der Waals surface area contributed by atoms with Crippen LogP contribution in [-0.4, -0.2) is 16.1 Å². The Morgan fingerprint density at radius 1 is 1.45 bits per heavy atom. The summed E-state index contributed by atoms with van der Waals surface area (Å²) in [6.07, 6.45) is 1.89. The normalized spacial score (nSPS) is 10.8. The first-order chi connectivity index (χ1) is 9.51. The van der Waals surface area contributed by atoms with E-state index in [4.69, 9.17) is 16.7 Å². The number of benzene rings is 1. The summed E-state index contributed by atoms with van der Waals surface area (Å²) in [6.45, 7) is 4.02. The van der Waals surface area contributed by atoms with Crippen LogP contribution in [0.3, 0.4) is 0 Å². The average Bonchev–Trinajstić information content (AvgIpc) is 2.75. The molecule has 0 aliphatic carbocycles. The fraction of sp³-hybridized carbons (Fsp3) is 0.333. The molecule has 1 N–H and O–H groups in total. The monoisotopic (exact) mass is 309 g/mol. The van der Waals surface area contributed by atoms with Crippen molar-refractivity contribution in [3.8, 4) is 11.3 Å². The van der Waals surface area contributed by atoms with Crippen molar-refractivity contribution < 1.29 is 9.90 Å². The van der Waals surface area contributed by atoms with Gasteiger partial charge in [0.25, 0.3) is 0 Å². The topological polar surface area (TPSA) is 50.2 Å². The van der Waals surface area contributed by atoms with Crippen molar-refractivity contribution in [3.05, 3.63) is 38.7 Å².